The van der Waals surface area contributed by atoms with Crippen LogP contribution in [0.1, 0.15) is 0 Å². The van der Waals surface area contributed by atoms with Gasteiger partial charge in [0.2, 0.25) is 5.89 Å². The topological polar surface area (TPSA) is 77.8 Å². The van der Waals surface area contributed by atoms with Crippen molar-refractivity contribution in [2.24, 2.45) is 0 Å². The minimum atomic E-state index is 0.534. The SMILES string of the molecule is c1ccc(-c2nc3cc(-c4nc(-c5ccc6ccccc6c5)nc(-c5cccc6oc7ccccc7c56)n4)c4ccc(-c5cccc6ccccc56)cc4c3o2)cc1. The third-order valence-corrected chi connectivity index (χ3v) is 11.1. The number of benzene rings is 9. The minimum Gasteiger partial charge on any atom is -0.456 e. The molecule has 3 aromatic heterocycles. The van der Waals surface area contributed by atoms with Crippen LogP contribution in [0.2, 0.25) is 0 Å². The van der Waals surface area contributed by atoms with Gasteiger partial charge in [0, 0.05) is 38.4 Å². The molecule has 0 bridgehead atoms. The number of fused-ring (bicyclic) bond motifs is 8. The fourth-order valence-electron chi connectivity index (χ4n) is 8.37. The van der Waals surface area contributed by atoms with Crippen LogP contribution in [-0.4, -0.2) is 19.9 Å². The van der Waals surface area contributed by atoms with Crippen LogP contribution in [0.4, 0.5) is 0 Å². The van der Waals surface area contributed by atoms with Crippen molar-refractivity contribution >= 4 is 65.4 Å². The molecule has 0 aliphatic heterocycles. The number of nitrogens with zero attached hydrogens (tertiary/aromatic N) is 4. The number of aromatic nitrogens is 4. The fraction of sp³-hybridized carbons (Fsp3) is 0. The first-order chi connectivity index (χ1) is 28.7. The Morgan fingerprint density at radius 2 is 1.00 bits per heavy atom. The van der Waals surface area contributed by atoms with Crippen LogP contribution in [0.15, 0.2) is 191 Å². The highest BCUT2D eigenvalue weighted by Gasteiger charge is 2.22. The van der Waals surface area contributed by atoms with E-state index in [0.29, 0.717) is 34.5 Å². The van der Waals surface area contributed by atoms with Gasteiger partial charge in [0.1, 0.15) is 16.7 Å². The van der Waals surface area contributed by atoms with Crippen LogP contribution >= 0.6 is 0 Å². The number of rotatable bonds is 5. The number of hydrogen-bond acceptors (Lipinski definition) is 6. The summed E-state index contributed by atoms with van der Waals surface area (Å²) in [5.74, 6) is 2.21. The predicted octanol–water partition coefficient (Wildman–Crippen LogP) is 13.7. The van der Waals surface area contributed by atoms with Gasteiger partial charge >= 0.3 is 0 Å². The van der Waals surface area contributed by atoms with Crippen LogP contribution in [0.5, 0.6) is 0 Å². The zero-order valence-electron chi connectivity index (χ0n) is 30.9. The van der Waals surface area contributed by atoms with Crippen LogP contribution < -0.4 is 0 Å². The second kappa shape index (κ2) is 12.8. The molecule has 9 aromatic carbocycles. The molecule has 3 heterocycles. The highest BCUT2D eigenvalue weighted by molar-refractivity contribution is 6.14. The van der Waals surface area contributed by atoms with Crippen LogP contribution in [0, 0.1) is 0 Å². The molecule has 0 atom stereocenters. The van der Waals surface area contributed by atoms with Gasteiger partial charge in [0.05, 0.1) is 0 Å². The Morgan fingerprint density at radius 1 is 0.328 bits per heavy atom. The Morgan fingerprint density at radius 3 is 1.90 bits per heavy atom. The van der Waals surface area contributed by atoms with Crippen LogP contribution in [0.3, 0.4) is 0 Å². The standard InChI is InChI=1S/C52H30N4O2/c1-2-14-33(15-3-1)52-53-44-30-43(39-27-26-35(29-42(39)48(44)58-52)38-20-10-17-32-13-6-7-18-37(32)38)51-55-49(36-25-24-31-12-4-5-16-34(31)28-36)54-50(56-51)41-21-11-23-46-47(41)40-19-8-9-22-45(40)57-46/h1-30H. The normalized spacial score (nSPS) is 11.8. The van der Waals surface area contributed by atoms with Crippen molar-refractivity contribution in [2.45, 2.75) is 0 Å². The van der Waals surface area contributed by atoms with Crippen molar-refractivity contribution in [3.63, 3.8) is 0 Å². The van der Waals surface area contributed by atoms with Crippen LogP contribution in [0.25, 0.3) is 122 Å². The van der Waals surface area contributed by atoms with Gasteiger partial charge in [0.25, 0.3) is 0 Å². The summed E-state index contributed by atoms with van der Waals surface area (Å²) in [7, 11) is 0. The predicted molar refractivity (Wildman–Crippen MR) is 234 cm³/mol. The Labute approximate surface area is 331 Å². The molecule has 0 amide bonds. The minimum absolute atomic E-state index is 0.534. The zero-order chi connectivity index (χ0) is 38.2. The molecule has 0 spiro atoms. The van der Waals surface area contributed by atoms with Crippen molar-refractivity contribution in [2.75, 3.05) is 0 Å². The third kappa shape index (κ3) is 5.20. The van der Waals surface area contributed by atoms with Crippen molar-refractivity contribution < 1.29 is 8.83 Å². The largest absolute Gasteiger partial charge is 0.456 e. The lowest BCUT2D eigenvalue weighted by Crippen LogP contribution is -2.01. The first-order valence-electron chi connectivity index (χ1n) is 19.3. The molecule has 12 aromatic rings. The second-order valence-corrected chi connectivity index (χ2v) is 14.6. The summed E-state index contributed by atoms with van der Waals surface area (Å²) in [5.41, 5.74) is 8.72. The first kappa shape index (κ1) is 32.3. The molecule has 270 valence electrons. The number of oxazole rings is 1. The summed E-state index contributed by atoms with van der Waals surface area (Å²) in [6.07, 6.45) is 0. The van der Waals surface area contributed by atoms with Gasteiger partial charge in [-0.3, -0.25) is 0 Å². The van der Waals surface area contributed by atoms with Gasteiger partial charge < -0.3 is 8.83 Å². The quantitative estimate of drug-likeness (QED) is 0.175. The molecule has 0 saturated carbocycles. The van der Waals surface area contributed by atoms with Gasteiger partial charge in [-0.05, 0) is 80.5 Å². The first-order valence-corrected chi connectivity index (χ1v) is 19.3. The van der Waals surface area contributed by atoms with Gasteiger partial charge in [-0.25, -0.2) is 19.9 Å². The summed E-state index contributed by atoms with van der Waals surface area (Å²) in [6, 6.07) is 62.4. The molecule has 0 fully saturated rings. The van der Waals surface area contributed by atoms with E-state index in [-0.39, 0.29) is 0 Å². The van der Waals surface area contributed by atoms with E-state index < -0.39 is 0 Å². The molecule has 0 aliphatic rings. The summed E-state index contributed by atoms with van der Waals surface area (Å²) in [6.45, 7) is 0. The molecule has 0 unspecified atom stereocenters. The lowest BCUT2D eigenvalue weighted by atomic mass is 9.94. The van der Waals surface area contributed by atoms with Gasteiger partial charge in [0.15, 0.2) is 23.1 Å². The summed E-state index contributed by atoms with van der Waals surface area (Å²) >= 11 is 0. The molecule has 0 radical (unpaired) electrons. The average molecular weight is 743 g/mol. The highest BCUT2D eigenvalue weighted by atomic mass is 16.3. The maximum absolute atomic E-state index is 6.67. The van der Waals surface area contributed by atoms with Crippen molar-refractivity contribution in [1.82, 2.24) is 19.9 Å². The van der Waals surface area contributed by atoms with E-state index in [2.05, 4.69) is 121 Å². The number of para-hydroxylation sites is 1. The molecule has 58 heavy (non-hydrogen) atoms. The van der Waals surface area contributed by atoms with E-state index in [0.717, 1.165) is 76.9 Å². The highest BCUT2D eigenvalue weighted by Crippen LogP contribution is 2.41. The van der Waals surface area contributed by atoms with Crippen molar-refractivity contribution in [3.05, 3.63) is 182 Å². The monoisotopic (exact) mass is 742 g/mol. The Balaban J connectivity index is 1.15. The number of furan rings is 1. The molecule has 6 heteroatoms. The summed E-state index contributed by atoms with van der Waals surface area (Å²) in [5, 5.41) is 8.46. The summed E-state index contributed by atoms with van der Waals surface area (Å²) in [4.78, 5) is 20.9. The van der Waals surface area contributed by atoms with E-state index in [4.69, 9.17) is 28.8 Å². The average Bonchev–Trinajstić information content (AvgIpc) is 3.91. The van der Waals surface area contributed by atoms with Crippen LogP contribution in [-0.2, 0) is 0 Å². The molecule has 0 aliphatic carbocycles. The summed E-state index contributed by atoms with van der Waals surface area (Å²) < 4.78 is 13.0. The molecule has 0 N–H and O–H groups in total. The lowest BCUT2D eigenvalue weighted by Gasteiger charge is -2.13. The van der Waals surface area contributed by atoms with E-state index in [1.54, 1.807) is 0 Å². The smallest absolute Gasteiger partial charge is 0.227 e. The van der Waals surface area contributed by atoms with Gasteiger partial charge in [-0.1, -0.05) is 140 Å². The maximum Gasteiger partial charge on any atom is 0.227 e. The lowest BCUT2D eigenvalue weighted by molar-refractivity contribution is 0.623. The zero-order valence-corrected chi connectivity index (χ0v) is 30.9. The van der Waals surface area contributed by atoms with Gasteiger partial charge in [-0.2, -0.15) is 0 Å². The molecule has 0 saturated heterocycles. The van der Waals surface area contributed by atoms with Gasteiger partial charge in [-0.15, -0.1) is 0 Å². The number of hydrogen-bond donors (Lipinski definition) is 0. The Bertz CT molecular complexity index is 3580. The molecular weight excluding hydrogens is 713 g/mol. The van der Waals surface area contributed by atoms with E-state index in [9.17, 15) is 0 Å². The second-order valence-electron chi connectivity index (χ2n) is 14.6. The molecular formula is C52H30N4O2. The molecule has 6 nitrogen and oxygen atoms in total. The van der Waals surface area contributed by atoms with Crippen molar-refractivity contribution in [1.29, 1.82) is 0 Å². The molecule has 12 rings (SSSR count). The van der Waals surface area contributed by atoms with E-state index >= 15 is 0 Å². The Kier molecular flexibility index (Phi) is 7.13. The fourth-order valence-corrected chi connectivity index (χ4v) is 8.37. The van der Waals surface area contributed by atoms with Crippen molar-refractivity contribution in [3.8, 4) is 56.7 Å². The van der Waals surface area contributed by atoms with E-state index in [1.807, 2.05) is 60.7 Å². The maximum atomic E-state index is 6.67. The third-order valence-electron chi connectivity index (χ3n) is 11.1. The Hall–Kier alpha value is -7.96. The van der Waals surface area contributed by atoms with E-state index in [1.165, 1.54) is 10.8 Å².